The lowest BCUT2D eigenvalue weighted by molar-refractivity contribution is -0.155. The summed E-state index contributed by atoms with van der Waals surface area (Å²) in [6, 6.07) is -0.423. The van der Waals surface area contributed by atoms with E-state index in [1.165, 1.54) is 0 Å². The van der Waals surface area contributed by atoms with E-state index in [0.717, 1.165) is 0 Å². The summed E-state index contributed by atoms with van der Waals surface area (Å²) in [6.45, 7) is 5.67. The fourth-order valence-electron chi connectivity index (χ4n) is 1.13. The van der Waals surface area contributed by atoms with Crippen LogP contribution < -0.4 is 5.73 Å². The van der Waals surface area contributed by atoms with Crippen LogP contribution in [0.2, 0.25) is 0 Å². The summed E-state index contributed by atoms with van der Waals surface area (Å²) in [7, 11) is 0. The third-order valence-corrected chi connectivity index (χ3v) is 1.92. The van der Waals surface area contributed by atoms with E-state index in [1.54, 1.807) is 20.8 Å². The first-order valence-electron chi connectivity index (χ1n) is 5.10. The van der Waals surface area contributed by atoms with Gasteiger partial charge in [-0.05, 0) is 20.8 Å². The second-order valence-corrected chi connectivity index (χ2v) is 3.23. The van der Waals surface area contributed by atoms with Crippen molar-refractivity contribution in [3.05, 3.63) is 0 Å². The largest absolute Gasteiger partial charge is 0.466 e. The van der Waals surface area contributed by atoms with Crippen molar-refractivity contribution in [2.24, 2.45) is 11.7 Å². The molecule has 0 rings (SSSR count). The van der Waals surface area contributed by atoms with Gasteiger partial charge in [0.05, 0.1) is 25.6 Å². The minimum absolute atomic E-state index is 0.0235. The lowest BCUT2D eigenvalue weighted by atomic mass is 9.98. The molecule has 0 bridgehead atoms. The Morgan fingerprint density at radius 2 is 1.73 bits per heavy atom. The standard InChI is InChI=1S/C10H19NO4/c1-4-14-9(12)6-8(7(3)11)10(13)15-5-2/h7-8H,4-6,11H2,1-3H3. The van der Waals surface area contributed by atoms with Crippen LogP contribution in [0.15, 0.2) is 0 Å². The molecule has 0 aliphatic rings. The number of carbonyl (C=O) groups excluding carboxylic acids is 2. The van der Waals surface area contributed by atoms with Gasteiger partial charge in [-0.15, -0.1) is 0 Å². The van der Waals surface area contributed by atoms with Crippen molar-refractivity contribution in [1.82, 2.24) is 0 Å². The number of esters is 2. The number of rotatable bonds is 6. The van der Waals surface area contributed by atoms with Crippen molar-refractivity contribution < 1.29 is 19.1 Å². The summed E-state index contributed by atoms with van der Waals surface area (Å²) in [4.78, 5) is 22.6. The second kappa shape index (κ2) is 7.23. The van der Waals surface area contributed by atoms with Gasteiger partial charge in [-0.2, -0.15) is 0 Å². The Morgan fingerprint density at radius 3 is 2.13 bits per heavy atom. The monoisotopic (exact) mass is 217 g/mol. The van der Waals surface area contributed by atoms with Crippen LogP contribution in [0.3, 0.4) is 0 Å². The molecule has 15 heavy (non-hydrogen) atoms. The summed E-state index contributed by atoms with van der Waals surface area (Å²) in [5.41, 5.74) is 5.60. The third-order valence-electron chi connectivity index (χ3n) is 1.92. The first kappa shape index (κ1) is 13.9. The molecule has 0 spiro atoms. The van der Waals surface area contributed by atoms with Crippen LogP contribution in [0.25, 0.3) is 0 Å². The molecule has 5 heteroatoms. The number of hydrogen-bond donors (Lipinski definition) is 1. The summed E-state index contributed by atoms with van der Waals surface area (Å²) >= 11 is 0. The Bertz CT molecular complexity index is 215. The van der Waals surface area contributed by atoms with Gasteiger partial charge >= 0.3 is 11.9 Å². The highest BCUT2D eigenvalue weighted by molar-refractivity contribution is 5.80. The first-order valence-corrected chi connectivity index (χ1v) is 5.10. The maximum atomic E-state index is 11.4. The Hall–Kier alpha value is -1.10. The average molecular weight is 217 g/mol. The van der Waals surface area contributed by atoms with Crippen LogP contribution in [0, 0.1) is 5.92 Å². The van der Waals surface area contributed by atoms with Gasteiger partial charge in [0.15, 0.2) is 0 Å². The maximum absolute atomic E-state index is 11.4. The van der Waals surface area contributed by atoms with Crippen LogP contribution in [-0.4, -0.2) is 31.2 Å². The summed E-state index contributed by atoms with van der Waals surface area (Å²) in [5, 5.41) is 0. The molecule has 0 amide bonds. The van der Waals surface area contributed by atoms with Crippen LogP contribution in [0.4, 0.5) is 0 Å². The van der Waals surface area contributed by atoms with Crippen LogP contribution in [-0.2, 0) is 19.1 Å². The van der Waals surface area contributed by atoms with E-state index in [1.807, 2.05) is 0 Å². The van der Waals surface area contributed by atoms with Gasteiger partial charge in [0.2, 0.25) is 0 Å². The molecular formula is C10H19NO4. The van der Waals surface area contributed by atoms with Crippen LogP contribution in [0.5, 0.6) is 0 Å². The van der Waals surface area contributed by atoms with E-state index in [0.29, 0.717) is 6.61 Å². The Labute approximate surface area is 89.9 Å². The number of hydrogen-bond acceptors (Lipinski definition) is 5. The van der Waals surface area contributed by atoms with Gasteiger partial charge in [-0.3, -0.25) is 9.59 Å². The van der Waals surface area contributed by atoms with Gasteiger partial charge < -0.3 is 15.2 Å². The quantitative estimate of drug-likeness (QED) is 0.654. The van der Waals surface area contributed by atoms with E-state index in [9.17, 15) is 9.59 Å². The van der Waals surface area contributed by atoms with E-state index in [-0.39, 0.29) is 13.0 Å². The summed E-state index contributed by atoms with van der Waals surface area (Å²) in [6.07, 6.45) is -0.0235. The molecule has 2 unspecified atom stereocenters. The first-order chi connectivity index (χ1) is 7.02. The normalized spacial score (nSPS) is 14.1. The Balaban J connectivity index is 4.27. The molecule has 0 aromatic heterocycles. The van der Waals surface area contributed by atoms with E-state index in [2.05, 4.69) is 0 Å². The van der Waals surface area contributed by atoms with Crippen molar-refractivity contribution in [2.45, 2.75) is 33.2 Å². The molecule has 0 aliphatic carbocycles. The molecule has 2 N–H and O–H groups in total. The molecule has 0 aromatic rings. The highest BCUT2D eigenvalue weighted by atomic mass is 16.5. The molecule has 0 radical (unpaired) electrons. The highest BCUT2D eigenvalue weighted by Gasteiger charge is 2.27. The molecule has 0 heterocycles. The van der Waals surface area contributed by atoms with E-state index < -0.39 is 23.9 Å². The molecule has 0 aliphatic heterocycles. The SMILES string of the molecule is CCOC(=O)CC(C(=O)OCC)C(C)N. The van der Waals surface area contributed by atoms with Gasteiger partial charge in [0.25, 0.3) is 0 Å². The fraction of sp³-hybridized carbons (Fsp3) is 0.800. The fourth-order valence-corrected chi connectivity index (χ4v) is 1.13. The topological polar surface area (TPSA) is 78.6 Å². The Morgan fingerprint density at radius 1 is 1.20 bits per heavy atom. The number of nitrogens with two attached hydrogens (primary N) is 1. The van der Waals surface area contributed by atoms with Crippen LogP contribution in [0.1, 0.15) is 27.2 Å². The molecular weight excluding hydrogens is 198 g/mol. The van der Waals surface area contributed by atoms with E-state index >= 15 is 0 Å². The second-order valence-electron chi connectivity index (χ2n) is 3.23. The predicted octanol–water partition coefficient (Wildman–Crippen LogP) is 0.466. The van der Waals surface area contributed by atoms with Gasteiger partial charge in [-0.1, -0.05) is 0 Å². The third kappa shape index (κ3) is 5.37. The zero-order valence-corrected chi connectivity index (χ0v) is 9.49. The zero-order chi connectivity index (χ0) is 11.8. The van der Waals surface area contributed by atoms with Gasteiger partial charge in [0, 0.05) is 6.04 Å². The van der Waals surface area contributed by atoms with Crippen molar-refractivity contribution in [2.75, 3.05) is 13.2 Å². The smallest absolute Gasteiger partial charge is 0.311 e. The molecule has 5 nitrogen and oxygen atoms in total. The van der Waals surface area contributed by atoms with Crippen molar-refractivity contribution in [1.29, 1.82) is 0 Å². The van der Waals surface area contributed by atoms with Gasteiger partial charge in [0.1, 0.15) is 0 Å². The summed E-state index contributed by atoms with van der Waals surface area (Å²) < 4.78 is 9.57. The zero-order valence-electron chi connectivity index (χ0n) is 9.49. The molecule has 0 saturated heterocycles. The van der Waals surface area contributed by atoms with Crippen LogP contribution >= 0.6 is 0 Å². The predicted molar refractivity (Wildman–Crippen MR) is 55.0 cm³/mol. The minimum Gasteiger partial charge on any atom is -0.466 e. The average Bonchev–Trinajstić information content (AvgIpc) is 2.14. The Kier molecular flexibility index (Phi) is 6.70. The molecule has 88 valence electrons. The van der Waals surface area contributed by atoms with Crippen molar-refractivity contribution >= 4 is 11.9 Å². The highest BCUT2D eigenvalue weighted by Crippen LogP contribution is 2.11. The van der Waals surface area contributed by atoms with Crippen molar-refractivity contribution in [3.8, 4) is 0 Å². The number of carbonyl (C=O) groups is 2. The maximum Gasteiger partial charge on any atom is 0.311 e. The minimum atomic E-state index is -0.621. The van der Waals surface area contributed by atoms with Crippen molar-refractivity contribution in [3.63, 3.8) is 0 Å². The molecule has 0 saturated carbocycles. The molecule has 0 aromatic carbocycles. The van der Waals surface area contributed by atoms with E-state index in [4.69, 9.17) is 15.2 Å². The molecule has 0 fully saturated rings. The molecule has 2 atom stereocenters. The number of ether oxygens (including phenoxy) is 2. The van der Waals surface area contributed by atoms with Gasteiger partial charge in [-0.25, -0.2) is 0 Å². The lowest BCUT2D eigenvalue weighted by Gasteiger charge is -2.17. The lowest BCUT2D eigenvalue weighted by Crippen LogP contribution is -2.36. The summed E-state index contributed by atoms with van der Waals surface area (Å²) in [5.74, 6) is -1.49.